The molecule has 1 aliphatic rings. The summed E-state index contributed by atoms with van der Waals surface area (Å²) in [7, 11) is 0. The predicted octanol–water partition coefficient (Wildman–Crippen LogP) is 5.52. The van der Waals surface area contributed by atoms with E-state index in [1.165, 1.54) is 12.8 Å². The van der Waals surface area contributed by atoms with Gasteiger partial charge in [0.15, 0.2) is 17.1 Å². The molecule has 0 spiro atoms. The number of halogens is 2. The highest BCUT2D eigenvalue weighted by atomic mass is 79.9. The lowest BCUT2D eigenvalue weighted by Crippen LogP contribution is -2.19. The van der Waals surface area contributed by atoms with Crippen molar-refractivity contribution in [1.82, 2.24) is 14.3 Å². The Morgan fingerprint density at radius 1 is 1.29 bits per heavy atom. The average molecular weight is 525 g/mol. The number of ether oxygens (including phenoxy) is 1. The van der Waals surface area contributed by atoms with Gasteiger partial charge in [-0.3, -0.25) is 9.30 Å². The number of fused-ring (bicyclic) bond motifs is 1. The Labute approximate surface area is 198 Å². The molecule has 0 aliphatic carbocycles. The van der Waals surface area contributed by atoms with Gasteiger partial charge in [0.2, 0.25) is 0 Å². The van der Waals surface area contributed by atoms with Gasteiger partial charge in [-0.25, -0.2) is 9.78 Å². The van der Waals surface area contributed by atoms with Gasteiger partial charge in [0.1, 0.15) is 0 Å². The SMILES string of the molecule is CCOC(=O)c1c(CSc2ccc(Cl)cc2)nc2c(O)c(CN3CCCC3)c(Br)cn12. The van der Waals surface area contributed by atoms with Gasteiger partial charge < -0.3 is 9.84 Å². The summed E-state index contributed by atoms with van der Waals surface area (Å²) in [5, 5.41) is 11.7. The molecular weight excluding hydrogens is 502 g/mol. The quantitative estimate of drug-likeness (QED) is 0.324. The molecule has 31 heavy (non-hydrogen) atoms. The second-order valence-electron chi connectivity index (χ2n) is 7.35. The highest BCUT2D eigenvalue weighted by Gasteiger charge is 2.26. The van der Waals surface area contributed by atoms with E-state index in [1.54, 1.807) is 29.3 Å². The molecule has 1 fully saturated rings. The van der Waals surface area contributed by atoms with Crippen LogP contribution in [0.1, 0.15) is 41.5 Å². The molecule has 1 saturated heterocycles. The zero-order valence-corrected chi connectivity index (χ0v) is 20.3. The van der Waals surface area contributed by atoms with Crippen molar-refractivity contribution < 1.29 is 14.6 Å². The summed E-state index contributed by atoms with van der Waals surface area (Å²) in [6.45, 7) is 4.70. The number of carbonyl (C=O) groups excluding carboxylic acids is 1. The molecule has 0 radical (unpaired) electrons. The lowest BCUT2D eigenvalue weighted by atomic mass is 10.2. The number of aromatic hydroxyl groups is 1. The zero-order chi connectivity index (χ0) is 22.0. The van der Waals surface area contributed by atoms with Crippen LogP contribution in [0.5, 0.6) is 5.75 Å². The monoisotopic (exact) mass is 523 g/mol. The van der Waals surface area contributed by atoms with Gasteiger partial charge in [-0.2, -0.15) is 0 Å². The number of nitrogens with zero attached hydrogens (tertiary/aromatic N) is 3. The summed E-state index contributed by atoms with van der Waals surface area (Å²) in [6.07, 6.45) is 4.14. The average Bonchev–Trinajstić information content (AvgIpc) is 3.38. The summed E-state index contributed by atoms with van der Waals surface area (Å²) in [4.78, 5) is 20.7. The van der Waals surface area contributed by atoms with Crippen molar-refractivity contribution in [2.45, 2.75) is 37.0 Å². The van der Waals surface area contributed by atoms with Crippen molar-refractivity contribution in [2.24, 2.45) is 0 Å². The number of benzene rings is 1. The lowest BCUT2D eigenvalue weighted by molar-refractivity contribution is 0.0517. The summed E-state index contributed by atoms with van der Waals surface area (Å²) < 4.78 is 7.66. The Morgan fingerprint density at radius 3 is 2.68 bits per heavy atom. The van der Waals surface area contributed by atoms with E-state index < -0.39 is 5.97 Å². The van der Waals surface area contributed by atoms with E-state index in [2.05, 4.69) is 25.8 Å². The van der Waals surface area contributed by atoms with E-state index in [0.29, 0.717) is 34.4 Å². The Morgan fingerprint density at radius 2 is 2.00 bits per heavy atom. The second-order valence-corrected chi connectivity index (χ2v) is 9.69. The molecule has 0 saturated carbocycles. The third kappa shape index (κ3) is 4.87. The molecule has 1 aliphatic heterocycles. The number of rotatable bonds is 7. The maximum absolute atomic E-state index is 12.8. The van der Waals surface area contributed by atoms with Gasteiger partial charge in [0, 0.05) is 38.4 Å². The van der Waals surface area contributed by atoms with Gasteiger partial charge in [-0.1, -0.05) is 11.6 Å². The largest absolute Gasteiger partial charge is 0.504 e. The summed E-state index contributed by atoms with van der Waals surface area (Å²) in [5.74, 6) is 0.0885. The molecule has 2 aromatic heterocycles. The first-order valence-corrected chi connectivity index (χ1v) is 12.3. The van der Waals surface area contributed by atoms with Crippen LogP contribution in [0.15, 0.2) is 39.8 Å². The molecule has 3 aromatic rings. The number of esters is 1. The van der Waals surface area contributed by atoms with E-state index in [0.717, 1.165) is 28.0 Å². The van der Waals surface area contributed by atoms with E-state index in [1.807, 2.05) is 24.3 Å². The summed E-state index contributed by atoms with van der Waals surface area (Å²) in [5.41, 5.74) is 2.06. The number of thioether (sulfide) groups is 1. The van der Waals surface area contributed by atoms with Crippen LogP contribution in [0.2, 0.25) is 5.02 Å². The summed E-state index contributed by atoms with van der Waals surface area (Å²) >= 11 is 11.1. The number of hydrogen-bond donors (Lipinski definition) is 1. The van der Waals surface area contributed by atoms with Crippen LogP contribution < -0.4 is 0 Å². The highest BCUT2D eigenvalue weighted by Crippen LogP contribution is 2.35. The first kappa shape index (κ1) is 22.5. The number of pyridine rings is 1. The third-order valence-electron chi connectivity index (χ3n) is 5.25. The first-order chi connectivity index (χ1) is 15.0. The van der Waals surface area contributed by atoms with Crippen LogP contribution in [0.3, 0.4) is 0 Å². The van der Waals surface area contributed by atoms with Gasteiger partial charge >= 0.3 is 5.97 Å². The summed E-state index contributed by atoms with van der Waals surface area (Å²) in [6, 6.07) is 7.50. The molecule has 6 nitrogen and oxygen atoms in total. The van der Waals surface area contributed by atoms with E-state index in [9.17, 15) is 9.90 Å². The van der Waals surface area contributed by atoms with E-state index in [4.69, 9.17) is 16.3 Å². The minimum Gasteiger partial charge on any atom is -0.504 e. The maximum atomic E-state index is 12.8. The van der Waals surface area contributed by atoms with Crippen molar-refractivity contribution >= 4 is 50.9 Å². The zero-order valence-electron chi connectivity index (χ0n) is 17.1. The molecule has 3 heterocycles. The van der Waals surface area contributed by atoms with Crippen LogP contribution in [0.25, 0.3) is 5.65 Å². The van der Waals surface area contributed by atoms with Crippen LogP contribution in [-0.2, 0) is 17.0 Å². The Kier molecular flexibility index (Phi) is 7.11. The van der Waals surface area contributed by atoms with E-state index >= 15 is 0 Å². The number of imidazole rings is 1. The molecule has 9 heteroatoms. The fraction of sp³-hybridized carbons (Fsp3) is 0.364. The molecule has 4 rings (SSSR count). The highest BCUT2D eigenvalue weighted by molar-refractivity contribution is 9.10. The van der Waals surface area contributed by atoms with Crippen molar-refractivity contribution in [2.75, 3.05) is 19.7 Å². The van der Waals surface area contributed by atoms with Crippen molar-refractivity contribution in [1.29, 1.82) is 0 Å². The molecule has 1 aromatic carbocycles. The smallest absolute Gasteiger partial charge is 0.357 e. The Balaban J connectivity index is 1.72. The molecule has 0 atom stereocenters. The number of aromatic nitrogens is 2. The second kappa shape index (κ2) is 9.81. The fourth-order valence-corrected chi connectivity index (χ4v) is 5.20. The molecule has 164 valence electrons. The van der Waals surface area contributed by atoms with Crippen molar-refractivity contribution in [3.05, 3.63) is 56.9 Å². The molecule has 0 amide bonds. The lowest BCUT2D eigenvalue weighted by Gasteiger charge is -2.17. The van der Waals surface area contributed by atoms with Crippen LogP contribution in [0.4, 0.5) is 0 Å². The third-order valence-corrected chi connectivity index (χ3v) is 7.21. The normalized spacial score (nSPS) is 14.4. The minimum absolute atomic E-state index is 0.0922. The Hall–Kier alpha value is -1.74. The Bertz CT molecular complexity index is 1100. The fourth-order valence-electron chi connectivity index (χ4n) is 3.73. The van der Waals surface area contributed by atoms with Gasteiger partial charge in [0.25, 0.3) is 0 Å². The number of carbonyl (C=O) groups is 1. The molecule has 1 N–H and O–H groups in total. The van der Waals surface area contributed by atoms with Crippen LogP contribution >= 0.6 is 39.3 Å². The van der Waals surface area contributed by atoms with Crippen LogP contribution in [0, 0.1) is 0 Å². The number of likely N-dealkylation sites (tertiary alicyclic amines) is 1. The topological polar surface area (TPSA) is 67.1 Å². The molecule has 0 bridgehead atoms. The van der Waals surface area contributed by atoms with Crippen molar-refractivity contribution in [3.8, 4) is 5.75 Å². The minimum atomic E-state index is -0.458. The van der Waals surface area contributed by atoms with E-state index in [-0.39, 0.29) is 12.4 Å². The van der Waals surface area contributed by atoms with Gasteiger partial charge in [0.05, 0.1) is 12.3 Å². The van der Waals surface area contributed by atoms with Crippen molar-refractivity contribution in [3.63, 3.8) is 0 Å². The number of hydrogen-bond acceptors (Lipinski definition) is 6. The van der Waals surface area contributed by atoms with Gasteiger partial charge in [-0.05, 0) is 73.1 Å². The first-order valence-electron chi connectivity index (χ1n) is 10.2. The standard InChI is InChI=1S/C22H23BrClN3O3S/c1-2-30-22(29)19-18(13-31-15-7-5-14(24)6-8-15)25-21-20(28)16(17(23)12-27(19)21)11-26-9-3-4-10-26/h5-8,12,28H,2-4,9-11,13H2,1H3. The molecular formula is C22H23BrClN3O3S. The van der Waals surface area contributed by atoms with Crippen LogP contribution in [-0.4, -0.2) is 45.1 Å². The maximum Gasteiger partial charge on any atom is 0.357 e. The van der Waals surface area contributed by atoms with Gasteiger partial charge in [-0.15, -0.1) is 11.8 Å². The molecule has 0 unspecified atom stereocenters. The predicted molar refractivity (Wildman–Crippen MR) is 126 cm³/mol.